The largest absolute Gasteiger partial charge is 0.480 e. The van der Waals surface area contributed by atoms with E-state index in [2.05, 4.69) is 4.98 Å². The smallest absolute Gasteiger partial charge is 0.323 e. The summed E-state index contributed by atoms with van der Waals surface area (Å²) in [6.45, 7) is 3.33. The van der Waals surface area contributed by atoms with Crippen LogP contribution in [0.15, 0.2) is 28.7 Å². The van der Waals surface area contributed by atoms with Crippen molar-refractivity contribution in [3.8, 4) is 0 Å². The normalized spacial score (nSPS) is 15.6. The van der Waals surface area contributed by atoms with Gasteiger partial charge < -0.3 is 19.3 Å². The van der Waals surface area contributed by atoms with Crippen molar-refractivity contribution in [2.75, 3.05) is 31.1 Å². The lowest BCUT2D eigenvalue weighted by Gasteiger charge is -2.32. The van der Waals surface area contributed by atoms with Crippen LogP contribution in [0.5, 0.6) is 0 Å². The molecule has 7 nitrogen and oxygen atoms in total. The molecule has 1 saturated heterocycles. The van der Waals surface area contributed by atoms with Gasteiger partial charge in [-0.3, -0.25) is 9.59 Å². The van der Waals surface area contributed by atoms with E-state index in [-0.39, 0.29) is 18.4 Å². The number of amides is 1. The molecule has 1 amide bonds. The van der Waals surface area contributed by atoms with Gasteiger partial charge in [-0.05, 0) is 31.9 Å². The van der Waals surface area contributed by atoms with Crippen LogP contribution in [0, 0.1) is 5.92 Å². The monoisotopic (exact) mass is 331 g/mol. The van der Waals surface area contributed by atoms with Gasteiger partial charge in [0.25, 0.3) is 6.01 Å². The van der Waals surface area contributed by atoms with Gasteiger partial charge in [0.05, 0.1) is 0 Å². The number of para-hydroxylation sites is 2. The highest BCUT2D eigenvalue weighted by Gasteiger charge is 2.30. The van der Waals surface area contributed by atoms with Crippen molar-refractivity contribution in [1.82, 2.24) is 9.88 Å². The van der Waals surface area contributed by atoms with Gasteiger partial charge in [-0.15, -0.1) is 0 Å². The Kier molecular flexibility index (Phi) is 4.69. The molecule has 1 aliphatic rings. The van der Waals surface area contributed by atoms with Crippen molar-refractivity contribution in [3.63, 3.8) is 0 Å². The number of rotatable bonds is 5. The fourth-order valence-electron chi connectivity index (χ4n) is 3.08. The Hall–Kier alpha value is -2.57. The number of nitrogens with zero attached hydrogens (tertiary/aromatic N) is 3. The number of aliphatic carboxylic acids is 1. The topological polar surface area (TPSA) is 86.9 Å². The van der Waals surface area contributed by atoms with E-state index in [0.717, 1.165) is 11.1 Å². The number of hydrogen-bond donors (Lipinski definition) is 1. The molecule has 0 radical (unpaired) electrons. The van der Waals surface area contributed by atoms with Crippen molar-refractivity contribution in [3.05, 3.63) is 24.3 Å². The second-order valence-electron chi connectivity index (χ2n) is 5.97. The Balaban J connectivity index is 1.62. The minimum atomic E-state index is -0.978. The number of anilines is 1. The lowest BCUT2D eigenvalue weighted by molar-refractivity contribution is -0.146. The molecule has 0 aliphatic carbocycles. The molecule has 3 rings (SSSR count). The quantitative estimate of drug-likeness (QED) is 0.901. The summed E-state index contributed by atoms with van der Waals surface area (Å²) < 4.78 is 5.77. The summed E-state index contributed by atoms with van der Waals surface area (Å²) in [4.78, 5) is 31.2. The number of oxazole rings is 1. The number of benzene rings is 1. The first-order valence-electron chi connectivity index (χ1n) is 8.19. The molecule has 7 heteroatoms. The third-order valence-electron chi connectivity index (χ3n) is 4.42. The maximum absolute atomic E-state index is 12.5. The van der Waals surface area contributed by atoms with Gasteiger partial charge in [-0.2, -0.15) is 4.98 Å². The second-order valence-corrected chi connectivity index (χ2v) is 5.97. The first-order chi connectivity index (χ1) is 11.6. The third-order valence-corrected chi connectivity index (χ3v) is 4.42. The van der Waals surface area contributed by atoms with Crippen LogP contribution in [0.25, 0.3) is 11.1 Å². The van der Waals surface area contributed by atoms with Gasteiger partial charge in [-0.1, -0.05) is 12.1 Å². The molecule has 2 heterocycles. The van der Waals surface area contributed by atoms with E-state index in [0.29, 0.717) is 38.5 Å². The molecule has 0 atom stereocenters. The van der Waals surface area contributed by atoms with E-state index in [1.807, 2.05) is 29.2 Å². The predicted molar refractivity (Wildman–Crippen MR) is 88.8 cm³/mol. The highest BCUT2D eigenvalue weighted by molar-refractivity contribution is 5.83. The standard InChI is InChI=1S/C17H21N3O4/c1-2-19(11-15(21)22)16(23)12-7-9-20(10-8-12)17-18-13-5-3-4-6-14(13)24-17/h3-6,12H,2,7-11H2,1H3,(H,21,22). The maximum atomic E-state index is 12.5. The fourth-order valence-corrected chi connectivity index (χ4v) is 3.08. The van der Waals surface area contributed by atoms with E-state index >= 15 is 0 Å². The molecule has 128 valence electrons. The summed E-state index contributed by atoms with van der Waals surface area (Å²) in [5.41, 5.74) is 1.58. The zero-order valence-corrected chi connectivity index (χ0v) is 13.6. The predicted octanol–water partition coefficient (Wildman–Crippen LogP) is 1.98. The summed E-state index contributed by atoms with van der Waals surface area (Å²) in [7, 11) is 0. The van der Waals surface area contributed by atoms with E-state index in [9.17, 15) is 9.59 Å². The van der Waals surface area contributed by atoms with Crippen LogP contribution in [-0.2, 0) is 9.59 Å². The van der Waals surface area contributed by atoms with Gasteiger partial charge in [0.15, 0.2) is 5.58 Å². The van der Waals surface area contributed by atoms with E-state index in [1.165, 1.54) is 4.90 Å². The minimum absolute atomic E-state index is 0.0721. The summed E-state index contributed by atoms with van der Waals surface area (Å²) >= 11 is 0. The van der Waals surface area contributed by atoms with Crippen LogP contribution in [0.4, 0.5) is 6.01 Å². The van der Waals surface area contributed by atoms with Gasteiger partial charge >= 0.3 is 5.97 Å². The second kappa shape index (κ2) is 6.90. The van der Waals surface area contributed by atoms with Crippen molar-refractivity contribution in [1.29, 1.82) is 0 Å². The van der Waals surface area contributed by atoms with Crippen LogP contribution in [-0.4, -0.2) is 53.0 Å². The van der Waals surface area contributed by atoms with Gasteiger partial charge in [0, 0.05) is 25.6 Å². The zero-order valence-electron chi connectivity index (χ0n) is 13.6. The number of carbonyl (C=O) groups excluding carboxylic acids is 1. The molecule has 0 bridgehead atoms. The van der Waals surface area contributed by atoms with Gasteiger partial charge in [0.1, 0.15) is 12.1 Å². The molecule has 1 fully saturated rings. The van der Waals surface area contributed by atoms with Crippen molar-refractivity contribution < 1.29 is 19.1 Å². The SMILES string of the molecule is CCN(CC(=O)O)C(=O)C1CCN(c2nc3ccccc3o2)CC1. The number of likely N-dealkylation sites (N-methyl/N-ethyl adjacent to an activating group) is 1. The first kappa shape index (κ1) is 16.3. The molecule has 0 unspecified atom stereocenters. The molecular formula is C17H21N3O4. The Morgan fingerprint density at radius 3 is 2.67 bits per heavy atom. The molecular weight excluding hydrogens is 310 g/mol. The van der Waals surface area contributed by atoms with Gasteiger partial charge in [0.2, 0.25) is 5.91 Å². The third kappa shape index (κ3) is 3.34. The van der Waals surface area contributed by atoms with Crippen LogP contribution in [0.3, 0.4) is 0 Å². The lowest BCUT2D eigenvalue weighted by Crippen LogP contribution is -2.44. The molecule has 0 saturated carbocycles. The Morgan fingerprint density at radius 2 is 2.04 bits per heavy atom. The molecule has 1 aliphatic heterocycles. The molecule has 0 spiro atoms. The zero-order chi connectivity index (χ0) is 17.1. The highest BCUT2D eigenvalue weighted by atomic mass is 16.4. The van der Waals surface area contributed by atoms with Crippen molar-refractivity contribution in [2.45, 2.75) is 19.8 Å². The number of aromatic nitrogens is 1. The van der Waals surface area contributed by atoms with Crippen LogP contribution < -0.4 is 4.90 Å². The summed E-state index contributed by atoms with van der Waals surface area (Å²) in [6.07, 6.45) is 1.35. The number of carboxylic acids is 1. The lowest BCUT2D eigenvalue weighted by atomic mass is 9.95. The molecule has 1 aromatic carbocycles. The fraction of sp³-hybridized carbons (Fsp3) is 0.471. The van der Waals surface area contributed by atoms with Crippen LogP contribution >= 0.6 is 0 Å². The number of piperidine rings is 1. The van der Waals surface area contributed by atoms with Crippen molar-refractivity contribution in [2.24, 2.45) is 5.92 Å². The molecule has 1 aromatic heterocycles. The average Bonchev–Trinajstić information content (AvgIpc) is 3.03. The molecule has 1 N–H and O–H groups in total. The Morgan fingerprint density at radius 1 is 1.33 bits per heavy atom. The summed E-state index contributed by atoms with van der Waals surface area (Å²) in [5.74, 6) is -1.18. The molecule has 2 aromatic rings. The van der Waals surface area contributed by atoms with Crippen LogP contribution in [0.2, 0.25) is 0 Å². The highest BCUT2D eigenvalue weighted by Crippen LogP contribution is 2.27. The summed E-state index contributed by atoms with van der Waals surface area (Å²) in [5, 5.41) is 8.90. The van der Waals surface area contributed by atoms with Gasteiger partial charge in [-0.25, -0.2) is 0 Å². The number of carbonyl (C=O) groups is 2. The van der Waals surface area contributed by atoms with E-state index < -0.39 is 5.97 Å². The number of carboxylic acid groups (broad SMARTS) is 1. The number of hydrogen-bond acceptors (Lipinski definition) is 5. The Labute approximate surface area is 139 Å². The Bertz CT molecular complexity index is 701. The average molecular weight is 331 g/mol. The molecule has 24 heavy (non-hydrogen) atoms. The maximum Gasteiger partial charge on any atom is 0.323 e. The number of fused-ring (bicyclic) bond motifs is 1. The summed E-state index contributed by atoms with van der Waals surface area (Å²) in [6, 6.07) is 8.20. The van der Waals surface area contributed by atoms with E-state index in [4.69, 9.17) is 9.52 Å². The van der Waals surface area contributed by atoms with E-state index in [1.54, 1.807) is 6.92 Å². The van der Waals surface area contributed by atoms with Crippen LogP contribution in [0.1, 0.15) is 19.8 Å². The van der Waals surface area contributed by atoms with Crippen molar-refractivity contribution >= 4 is 29.0 Å². The minimum Gasteiger partial charge on any atom is -0.480 e. The first-order valence-corrected chi connectivity index (χ1v) is 8.19.